The SMILES string of the molecule is CC1(C)C2OCCC2C1(N)CNC1(C(F)(F)F)CC1. The molecule has 2 aliphatic carbocycles. The Hall–Kier alpha value is -0.330. The average molecular weight is 278 g/mol. The zero-order valence-electron chi connectivity index (χ0n) is 11.3. The van der Waals surface area contributed by atoms with Gasteiger partial charge in [0.1, 0.15) is 5.54 Å². The van der Waals surface area contributed by atoms with Crippen molar-refractivity contribution in [2.45, 2.75) is 56.5 Å². The molecule has 3 fully saturated rings. The maximum absolute atomic E-state index is 12.9. The lowest BCUT2D eigenvalue weighted by Crippen LogP contribution is -2.78. The summed E-state index contributed by atoms with van der Waals surface area (Å²) in [5.74, 6) is 0.180. The van der Waals surface area contributed by atoms with Crippen LogP contribution in [0.2, 0.25) is 0 Å². The predicted molar refractivity (Wildman–Crippen MR) is 64.6 cm³/mol. The number of hydrogen-bond acceptors (Lipinski definition) is 3. The van der Waals surface area contributed by atoms with Gasteiger partial charge in [-0.2, -0.15) is 13.2 Å². The molecule has 3 atom stereocenters. The van der Waals surface area contributed by atoms with Crippen molar-refractivity contribution in [1.29, 1.82) is 0 Å². The fraction of sp³-hybridized carbons (Fsp3) is 1.00. The van der Waals surface area contributed by atoms with Gasteiger partial charge in [0, 0.05) is 30.0 Å². The van der Waals surface area contributed by atoms with Gasteiger partial charge in [-0.3, -0.25) is 0 Å². The monoisotopic (exact) mass is 278 g/mol. The quantitative estimate of drug-likeness (QED) is 0.828. The van der Waals surface area contributed by atoms with E-state index in [0.29, 0.717) is 6.61 Å². The lowest BCUT2D eigenvalue weighted by molar-refractivity contribution is -0.179. The molecule has 1 aliphatic heterocycles. The van der Waals surface area contributed by atoms with Crippen LogP contribution in [0, 0.1) is 11.3 Å². The van der Waals surface area contributed by atoms with Gasteiger partial charge in [0.25, 0.3) is 0 Å². The molecule has 19 heavy (non-hydrogen) atoms. The third-order valence-electron chi connectivity index (χ3n) is 5.68. The number of fused-ring (bicyclic) bond motifs is 1. The molecule has 6 heteroatoms. The molecule has 0 aromatic carbocycles. The summed E-state index contributed by atoms with van der Waals surface area (Å²) in [6.07, 6.45) is -2.90. The highest BCUT2D eigenvalue weighted by Gasteiger charge is 2.69. The van der Waals surface area contributed by atoms with Gasteiger partial charge in [0.15, 0.2) is 0 Å². The van der Waals surface area contributed by atoms with Crippen LogP contribution in [0.1, 0.15) is 33.1 Å². The second kappa shape index (κ2) is 3.65. The summed E-state index contributed by atoms with van der Waals surface area (Å²) in [7, 11) is 0. The summed E-state index contributed by atoms with van der Waals surface area (Å²) >= 11 is 0. The Kier molecular flexibility index (Phi) is 2.62. The van der Waals surface area contributed by atoms with Crippen molar-refractivity contribution in [3.8, 4) is 0 Å². The van der Waals surface area contributed by atoms with Crippen molar-refractivity contribution in [2.75, 3.05) is 13.2 Å². The molecule has 0 aromatic heterocycles. The van der Waals surface area contributed by atoms with Crippen LogP contribution in [0.3, 0.4) is 0 Å². The molecular weight excluding hydrogens is 257 g/mol. The summed E-state index contributed by atoms with van der Waals surface area (Å²) in [6, 6.07) is 0. The Morgan fingerprint density at radius 1 is 1.32 bits per heavy atom. The third kappa shape index (κ3) is 1.63. The summed E-state index contributed by atoms with van der Waals surface area (Å²) in [5, 5.41) is 2.72. The number of halogens is 3. The number of nitrogens with two attached hydrogens (primary N) is 1. The van der Waals surface area contributed by atoms with Crippen LogP contribution < -0.4 is 11.1 Å². The van der Waals surface area contributed by atoms with Gasteiger partial charge in [-0.25, -0.2) is 0 Å². The Labute approximate surface area is 111 Å². The minimum Gasteiger partial charge on any atom is -0.377 e. The first-order valence-electron chi connectivity index (χ1n) is 6.86. The summed E-state index contributed by atoms with van der Waals surface area (Å²) in [5.41, 5.74) is 3.88. The second-order valence-corrected chi connectivity index (χ2v) is 6.88. The molecular formula is C13H21F3N2O. The topological polar surface area (TPSA) is 47.3 Å². The molecule has 3 aliphatic rings. The standard InChI is InChI=1S/C13H21F3N2O/c1-10(2)9-8(3-6-19-9)12(10,17)7-18-11(4-5-11)13(14,15)16/h8-9,18H,3-7,17H2,1-2H3. The predicted octanol–water partition coefficient (Wildman–Crippen LogP) is 1.81. The molecule has 0 amide bonds. The van der Waals surface area contributed by atoms with Gasteiger partial charge in [0.05, 0.1) is 6.10 Å². The van der Waals surface area contributed by atoms with E-state index in [9.17, 15) is 13.2 Å². The van der Waals surface area contributed by atoms with Crippen molar-refractivity contribution in [1.82, 2.24) is 5.32 Å². The van der Waals surface area contributed by atoms with Gasteiger partial charge < -0.3 is 15.8 Å². The van der Waals surface area contributed by atoms with Gasteiger partial charge in [-0.1, -0.05) is 13.8 Å². The Morgan fingerprint density at radius 3 is 2.47 bits per heavy atom. The Bertz CT molecular complexity index is 392. The van der Waals surface area contributed by atoms with E-state index in [1.807, 2.05) is 13.8 Å². The van der Waals surface area contributed by atoms with E-state index in [-0.39, 0.29) is 36.8 Å². The van der Waals surface area contributed by atoms with E-state index in [0.717, 1.165) is 6.42 Å². The molecule has 3 nitrogen and oxygen atoms in total. The molecule has 1 heterocycles. The molecule has 0 spiro atoms. The van der Waals surface area contributed by atoms with Crippen LogP contribution >= 0.6 is 0 Å². The second-order valence-electron chi connectivity index (χ2n) is 6.88. The molecule has 2 saturated carbocycles. The highest BCUT2D eigenvalue weighted by Crippen LogP contribution is 2.58. The lowest BCUT2D eigenvalue weighted by atomic mass is 9.48. The van der Waals surface area contributed by atoms with Crippen LogP contribution in [0.4, 0.5) is 13.2 Å². The molecule has 0 radical (unpaired) electrons. The molecule has 1 saturated heterocycles. The minimum atomic E-state index is -4.18. The molecule has 3 unspecified atom stereocenters. The largest absolute Gasteiger partial charge is 0.406 e. The number of alkyl halides is 3. The fourth-order valence-electron chi connectivity index (χ4n) is 3.83. The average Bonchev–Trinajstić information content (AvgIpc) is 2.94. The maximum atomic E-state index is 12.9. The Morgan fingerprint density at radius 2 is 1.95 bits per heavy atom. The zero-order valence-corrected chi connectivity index (χ0v) is 11.3. The van der Waals surface area contributed by atoms with Crippen molar-refractivity contribution in [2.24, 2.45) is 17.1 Å². The van der Waals surface area contributed by atoms with Gasteiger partial charge in [0.2, 0.25) is 0 Å². The lowest BCUT2D eigenvalue weighted by Gasteiger charge is -2.62. The van der Waals surface area contributed by atoms with Crippen molar-refractivity contribution in [3.63, 3.8) is 0 Å². The Balaban J connectivity index is 1.70. The molecule has 0 aromatic rings. The van der Waals surface area contributed by atoms with E-state index in [1.165, 1.54) is 0 Å². The molecule has 110 valence electrons. The first-order valence-corrected chi connectivity index (χ1v) is 6.86. The number of ether oxygens (including phenoxy) is 1. The number of nitrogens with one attached hydrogen (secondary N) is 1. The van der Waals surface area contributed by atoms with Crippen LogP contribution in [0.5, 0.6) is 0 Å². The smallest absolute Gasteiger partial charge is 0.377 e. The van der Waals surface area contributed by atoms with Gasteiger partial charge in [-0.15, -0.1) is 0 Å². The normalized spacial score (nSPS) is 42.6. The van der Waals surface area contributed by atoms with Crippen LogP contribution in [-0.4, -0.2) is 36.5 Å². The van der Waals surface area contributed by atoms with Crippen LogP contribution in [0.15, 0.2) is 0 Å². The summed E-state index contributed by atoms with van der Waals surface area (Å²) < 4.78 is 44.4. The summed E-state index contributed by atoms with van der Waals surface area (Å²) in [4.78, 5) is 0. The van der Waals surface area contributed by atoms with Gasteiger partial charge in [-0.05, 0) is 19.3 Å². The summed E-state index contributed by atoms with van der Waals surface area (Å²) in [6.45, 7) is 4.87. The van der Waals surface area contributed by atoms with Crippen LogP contribution in [0.25, 0.3) is 0 Å². The molecule has 0 bridgehead atoms. The number of rotatable bonds is 3. The fourth-order valence-corrected chi connectivity index (χ4v) is 3.83. The van der Waals surface area contributed by atoms with E-state index < -0.39 is 17.3 Å². The highest BCUT2D eigenvalue weighted by molar-refractivity contribution is 5.23. The first-order chi connectivity index (χ1) is 8.64. The minimum absolute atomic E-state index is 0.0975. The zero-order chi connectivity index (χ0) is 14.1. The van der Waals surface area contributed by atoms with Gasteiger partial charge >= 0.3 is 6.18 Å². The van der Waals surface area contributed by atoms with E-state index in [4.69, 9.17) is 10.5 Å². The van der Waals surface area contributed by atoms with E-state index in [2.05, 4.69) is 5.32 Å². The van der Waals surface area contributed by atoms with E-state index >= 15 is 0 Å². The van der Waals surface area contributed by atoms with Crippen LogP contribution in [-0.2, 0) is 4.74 Å². The first kappa shape index (κ1) is 13.6. The number of hydrogen-bond donors (Lipinski definition) is 2. The maximum Gasteiger partial charge on any atom is 0.406 e. The van der Waals surface area contributed by atoms with Crippen molar-refractivity contribution < 1.29 is 17.9 Å². The third-order valence-corrected chi connectivity index (χ3v) is 5.68. The van der Waals surface area contributed by atoms with Crippen molar-refractivity contribution in [3.05, 3.63) is 0 Å². The van der Waals surface area contributed by atoms with Crippen molar-refractivity contribution >= 4 is 0 Å². The molecule has 3 N–H and O–H groups in total. The van der Waals surface area contributed by atoms with E-state index in [1.54, 1.807) is 0 Å². The molecule has 3 rings (SSSR count). The highest BCUT2D eigenvalue weighted by atomic mass is 19.4.